The van der Waals surface area contributed by atoms with Crippen LogP contribution in [0.2, 0.25) is 0 Å². The van der Waals surface area contributed by atoms with Gasteiger partial charge in [0.25, 0.3) is 0 Å². The van der Waals surface area contributed by atoms with Crippen LogP contribution in [-0.2, 0) is 17.2 Å². The highest BCUT2D eigenvalue weighted by Gasteiger charge is 2.41. The summed E-state index contributed by atoms with van der Waals surface area (Å²) in [5, 5.41) is 3.90. The molecule has 18 heavy (non-hydrogen) atoms. The van der Waals surface area contributed by atoms with E-state index in [9.17, 15) is 4.21 Å². The summed E-state index contributed by atoms with van der Waals surface area (Å²) >= 11 is 0. The van der Waals surface area contributed by atoms with Crippen LogP contribution < -0.4 is 10.1 Å². The molecule has 1 aromatic carbocycles. The minimum atomic E-state index is -0.714. The fourth-order valence-corrected chi connectivity index (χ4v) is 4.88. The highest BCUT2D eigenvalue weighted by molar-refractivity contribution is 7.85. The van der Waals surface area contributed by atoms with E-state index in [2.05, 4.69) is 24.4 Å². The number of hydrogen-bond acceptors (Lipinski definition) is 3. The molecule has 3 rings (SSSR count). The molecule has 1 aliphatic carbocycles. The zero-order valence-electron chi connectivity index (χ0n) is 10.8. The average Bonchev–Trinajstić information content (AvgIpc) is 2.77. The van der Waals surface area contributed by atoms with Gasteiger partial charge in [0.15, 0.2) is 0 Å². The Morgan fingerprint density at radius 2 is 2.33 bits per heavy atom. The zero-order chi connectivity index (χ0) is 12.7. The minimum absolute atomic E-state index is 0.245. The van der Waals surface area contributed by atoms with Crippen molar-refractivity contribution in [2.75, 3.05) is 12.9 Å². The first-order valence-corrected chi connectivity index (χ1v) is 7.91. The number of benzene rings is 1. The first-order valence-electron chi connectivity index (χ1n) is 6.53. The quantitative estimate of drug-likeness (QED) is 0.886. The van der Waals surface area contributed by atoms with Crippen molar-refractivity contribution in [3.8, 4) is 5.75 Å². The molecule has 0 aromatic heterocycles. The fourth-order valence-electron chi connectivity index (χ4n) is 3.01. The van der Waals surface area contributed by atoms with Crippen molar-refractivity contribution in [2.45, 2.75) is 37.1 Å². The number of rotatable bonds is 2. The fraction of sp³-hybridized carbons (Fsp3) is 0.571. The largest absolute Gasteiger partial charge is 0.497 e. The number of methoxy groups -OCH3 is 1. The van der Waals surface area contributed by atoms with Gasteiger partial charge in [-0.3, -0.25) is 4.21 Å². The van der Waals surface area contributed by atoms with E-state index in [-0.39, 0.29) is 11.3 Å². The monoisotopic (exact) mass is 265 g/mol. The van der Waals surface area contributed by atoms with Gasteiger partial charge in [-0.25, -0.2) is 0 Å². The maximum Gasteiger partial charge on any atom is 0.119 e. The van der Waals surface area contributed by atoms with Crippen molar-refractivity contribution in [1.82, 2.24) is 5.32 Å². The lowest BCUT2D eigenvalue weighted by molar-refractivity contribution is 0.409. The van der Waals surface area contributed by atoms with Crippen LogP contribution in [0.15, 0.2) is 18.2 Å². The Hall–Kier alpha value is -0.870. The lowest BCUT2D eigenvalue weighted by atomic mass is 10.1. The summed E-state index contributed by atoms with van der Waals surface area (Å²) in [4.78, 5) is 0. The Morgan fingerprint density at radius 1 is 1.50 bits per heavy atom. The van der Waals surface area contributed by atoms with Crippen molar-refractivity contribution < 1.29 is 8.95 Å². The third-order valence-electron chi connectivity index (χ3n) is 4.09. The Kier molecular flexibility index (Phi) is 3.16. The molecule has 0 radical (unpaired) electrons. The third-order valence-corrected chi connectivity index (χ3v) is 5.94. The predicted octanol–water partition coefficient (Wildman–Crippen LogP) is 1.79. The van der Waals surface area contributed by atoms with Crippen LogP contribution in [0, 0.1) is 0 Å². The van der Waals surface area contributed by atoms with Gasteiger partial charge in [-0.15, -0.1) is 0 Å². The van der Waals surface area contributed by atoms with Gasteiger partial charge in [-0.1, -0.05) is 13.0 Å². The van der Waals surface area contributed by atoms with Gasteiger partial charge < -0.3 is 10.1 Å². The molecule has 1 heterocycles. The number of nitrogens with one attached hydrogen (secondary N) is 1. The van der Waals surface area contributed by atoms with Gasteiger partial charge in [-0.05, 0) is 36.1 Å². The van der Waals surface area contributed by atoms with Crippen LogP contribution in [-0.4, -0.2) is 28.4 Å². The van der Waals surface area contributed by atoms with Crippen LogP contribution >= 0.6 is 0 Å². The average molecular weight is 265 g/mol. The molecule has 1 N–H and O–H groups in total. The molecule has 0 saturated carbocycles. The first kappa shape index (κ1) is 12.2. The van der Waals surface area contributed by atoms with Crippen molar-refractivity contribution in [1.29, 1.82) is 0 Å². The summed E-state index contributed by atoms with van der Waals surface area (Å²) in [7, 11) is 0.976. The molecule has 3 nitrogen and oxygen atoms in total. The second-order valence-electron chi connectivity index (χ2n) is 5.10. The maximum absolute atomic E-state index is 12.3. The number of ether oxygens (including phenoxy) is 1. The molecule has 1 saturated heterocycles. The van der Waals surface area contributed by atoms with Crippen molar-refractivity contribution in [2.24, 2.45) is 0 Å². The van der Waals surface area contributed by atoms with Gasteiger partial charge in [0.05, 0.1) is 12.4 Å². The molecule has 2 aliphatic rings. The molecule has 1 aliphatic heterocycles. The smallest absolute Gasteiger partial charge is 0.119 e. The molecular weight excluding hydrogens is 246 g/mol. The summed E-state index contributed by atoms with van der Waals surface area (Å²) in [6.45, 7) is 2.15. The van der Waals surface area contributed by atoms with E-state index in [4.69, 9.17) is 4.74 Å². The molecule has 4 atom stereocenters. The molecule has 0 spiro atoms. The summed E-state index contributed by atoms with van der Waals surface area (Å²) in [6.07, 6.45) is 1.97. The lowest BCUT2D eigenvalue weighted by Gasteiger charge is -2.33. The van der Waals surface area contributed by atoms with E-state index in [0.29, 0.717) is 6.04 Å². The van der Waals surface area contributed by atoms with Gasteiger partial charge in [0.1, 0.15) is 5.75 Å². The van der Waals surface area contributed by atoms with E-state index in [1.165, 1.54) is 11.1 Å². The molecule has 1 fully saturated rings. The second-order valence-corrected chi connectivity index (χ2v) is 6.80. The third kappa shape index (κ3) is 1.88. The first-order chi connectivity index (χ1) is 8.72. The normalized spacial score (nSPS) is 33.9. The van der Waals surface area contributed by atoms with E-state index in [1.807, 2.05) is 6.07 Å². The molecule has 0 amide bonds. The van der Waals surface area contributed by atoms with Gasteiger partial charge in [0.2, 0.25) is 0 Å². The summed E-state index contributed by atoms with van der Waals surface area (Å²) < 4.78 is 17.6. The molecule has 4 heteroatoms. The van der Waals surface area contributed by atoms with E-state index >= 15 is 0 Å². The number of fused-ring (bicyclic) bond motifs is 3. The standard InChI is InChI=1S/C14H19NO2S/c1-3-10-8-18(16)13-6-9-4-5-11(17-2)7-12(9)14(13)15-10/h4-5,7,10,13-15H,3,6,8H2,1-2H3. The van der Waals surface area contributed by atoms with Crippen LogP contribution in [0.3, 0.4) is 0 Å². The highest BCUT2D eigenvalue weighted by atomic mass is 32.2. The van der Waals surface area contributed by atoms with E-state index < -0.39 is 10.8 Å². The van der Waals surface area contributed by atoms with Crippen molar-refractivity contribution in [3.63, 3.8) is 0 Å². The summed E-state index contributed by atoms with van der Waals surface area (Å²) in [5.74, 6) is 1.68. The number of hydrogen-bond donors (Lipinski definition) is 1. The molecule has 0 bridgehead atoms. The van der Waals surface area contributed by atoms with Crippen LogP contribution in [0.1, 0.15) is 30.5 Å². The SMILES string of the molecule is CCC1CS(=O)C2Cc3ccc(OC)cc3C2N1. The Morgan fingerprint density at radius 3 is 3.06 bits per heavy atom. The van der Waals surface area contributed by atoms with Crippen LogP contribution in [0.25, 0.3) is 0 Å². The van der Waals surface area contributed by atoms with E-state index in [0.717, 1.165) is 24.3 Å². The summed E-state index contributed by atoms with van der Waals surface area (Å²) in [6, 6.07) is 6.84. The van der Waals surface area contributed by atoms with Gasteiger partial charge in [0, 0.05) is 28.6 Å². The lowest BCUT2D eigenvalue weighted by Crippen LogP contribution is -2.48. The predicted molar refractivity (Wildman–Crippen MR) is 73.5 cm³/mol. The second kappa shape index (κ2) is 4.67. The zero-order valence-corrected chi connectivity index (χ0v) is 11.6. The molecule has 98 valence electrons. The van der Waals surface area contributed by atoms with Gasteiger partial charge in [-0.2, -0.15) is 0 Å². The van der Waals surface area contributed by atoms with Crippen molar-refractivity contribution in [3.05, 3.63) is 29.3 Å². The van der Waals surface area contributed by atoms with E-state index in [1.54, 1.807) is 7.11 Å². The van der Waals surface area contributed by atoms with Crippen molar-refractivity contribution >= 4 is 10.8 Å². The Bertz CT molecular complexity index is 489. The van der Waals surface area contributed by atoms with Crippen LogP contribution in [0.5, 0.6) is 5.75 Å². The Labute approximate surface area is 110 Å². The molecule has 1 aromatic rings. The maximum atomic E-state index is 12.3. The topological polar surface area (TPSA) is 38.3 Å². The van der Waals surface area contributed by atoms with Gasteiger partial charge >= 0.3 is 0 Å². The highest BCUT2D eigenvalue weighted by Crippen LogP contribution is 2.39. The minimum Gasteiger partial charge on any atom is -0.497 e. The Balaban J connectivity index is 1.96. The summed E-state index contributed by atoms with van der Waals surface area (Å²) in [5.41, 5.74) is 2.61. The molecule has 4 unspecified atom stereocenters. The molecular formula is C14H19NO2S. The van der Waals surface area contributed by atoms with Crippen LogP contribution in [0.4, 0.5) is 0 Å².